The van der Waals surface area contributed by atoms with Gasteiger partial charge in [0.25, 0.3) is 0 Å². The van der Waals surface area contributed by atoms with Crippen LogP contribution in [0.2, 0.25) is 5.02 Å². The minimum atomic E-state index is -0.169. The van der Waals surface area contributed by atoms with Crippen LogP contribution >= 0.6 is 11.6 Å². The van der Waals surface area contributed by atoms with Gasteiger partial charge in [0.1, 0.15) is 0 Å². The Kier molecular flexibility index (Phi) is 6.50. The SMILES string of the molecule is CC(=O)c1ccc(N2CCN(C(=O)Nc3ccc(N4CCNC(=O)C4)c(Cl)c3)CC2)cc1. The summed E-state index contributed by atoms with van der Waals surface area (Å²) >= 11 is 6.43. The average Bonchev–Trinajstić information content (AvgIpc) is 2.79. The quantitative estimate of drug-likeness (QED) is 0.692. The van der Waals surface area contributed by atoms with Crippen molar-refractivity contribution in [3.63, 3.8) is 0 Å². The molecule has 2 aliphatic heterocycles. The van der Waals surface area contributed by atoms with Crippen LogP contribution < -0.4 is 20.4 Å². The standard InChI is InChI=1S/C23H26ClN5O3/c1-16(30)17-2-5-19(6-3-17)27-10-12-28(13-11-27)23(32)26-18-4-7-21(20(24)14-18)29-9-8-25-22(31)15-29/h2-7,14H,8-13,15H2,1H3,(H,25,31)(H,26,32). The normalized spacial score (nSPS) is 16.6. The number of nitrogens with zero attached hydrogens (tertiary/aromatic N) is 3. The van der Waals surface area contributed by atoms with E-state index >= 15 is 0 Å². The van der Waals surface area contributed by atoms with Crippen molar-refractivity contribution in [1.29, 1.82) is 0 Å². The topological polar surface area (TPSA) is 85.0 Å². The highest BCUT2D eigenvalue weighted by atomic mass is 35.5. The first-order valence-electron chi connectivity index (χ1n) is 10.6. The van der Waals surface area contributed by atoms with Gasteiger partial charge in [-0.3, -0.25) is 9.59 Å². The van der Waals surface area contributed by atoms with Crippen LogP contribution in [0.15, 0.2) is 42.5 Å². The zero-order valence-corrected chi connectivity index (χ0v) is 18.7. The zero-order valence-electron chi connectivity index (χ0n) is 17.9. The van der Waals surface area contributed by atoms with Gasteiger partial charge in [0.15, 0.2) is 5.78 Å². The highest BCUT2D eigenvalue weighted by Crippen LogP contribution is 2.29. The molecule has 32 heavy (non-hydrogen) atoms. The number of urea groups is 1. The summed E-state index contributed by atoms with van der Waals surface area (Å²) in [6.45, 7) is 5.71. The number of halogens is 1. The predicted octanol–water partition coefficient (Wildman–Crippen LogP) is 2.83. The Morgan fingerprint density at radius 2 is 1.69 bits per heavy atom. The maximum absolute atomic E-state index is 12.7. The van der Waals surface area contributed by atoms with E-state index in [0.29, 0.717) is 55.5 Å². The van der Waals surface area contributed by atoms with Gasteiger partial charge in [-0.25, -0.2) is 4.79 Å². The maximum atomic E-state index is 12.7. The van der Waals surface area contributed by atoms with Crippen molar-refractivity contribution in [2.45, 2.75) is 6.92 Å². The van der Waals surface area contributed by atoms with Crippen LogP contribution in [0.5, 0.6) is 0 Å². The molecule has 0 radical (unpaired) electrons. The number of anilines is 3. The van der Waals surface area contributed by atoms with E-state index in [-0.39, 0.29) is 24.3 Å². The second-order valence-corrected chi connectivity index (χ2v) is 8.35. The van der Waals surface area contributed by atoms with Gasteiger partial charge in [0.05, 0.1) is 17.3 Å². The molecular formula is C23H26ClN5O3. The maximum Gasteiger partial charge on any atom is 0.321 e. The third-order valence-corrected chi connectivity index (χ3v) is 6.09. The van der Waals surface area contributed by atoms with Crippen molar-refractivity contribution in [2.24, 2.45) is 0 Å². The summed E-state index contributed by atoms with van der Waals surface area (Å²) < 4.78 is 0. The number of hydrogen-bond donors (Lipinski definition) is 2. The number of carbonyl (C=O) groups is 3. The van der Waals surface area contributed by atoms with Gasteiger partial charge in [-0.15, -0.1) is 0 Å². The third-order valence-electron chi connectivity index (χ3n) is 5.78. The van der Waals surface area contributed by atoms with E-state index in [0.717, 1.165) is 11.4 Å². The average molecular weight is 456 g/mol. The molecule has 0 aliphatic carbocycles. The van der Waals surface area contributed by atoms with Crippen LogP contribution in [-0.4, -0.2) is 68.4 Å². The van der Waals surface area contributed by atoms with E-state index in [1.165, 1.54) is 0 Å². The third kappa shape index (κ3) is 4.96. The monoisotopic (exact) mass is 455 g/mol. The molecule has 0 atom stereocenters. The number of ketones is 1. The lowest BCUT2D eigenvalue weighted by molar-refractivity contribution is -0.120. The van der Waals surface area contributed by atoms with E-state index in [1.807, 2.05) is 35.2 Å². The minimum absolute atomic E-state index is 0.0290. The number of piperazine rings is 2. The zero-order chi connectivity index (χ0) is 22.7. The first kappa shape index (κ1) is 22.0. The summed E-state index contributed by atoms with van der Waals surface area (Å²) in [6, 6.07) is 12.7. The molecule has 2 aromatic rings. The van der Waals surface area contributed by atoms with Crippen LogP contribution in [0.1, 0.15) is 17.3 Å². The van der Waals surface area contributed by atoms with Crippen molar-refractivity contribution in [2.75, 3.05) is 60.9 Å². The van der Waals surface area contributed by atoms with Crippen LogP contribution in [0.4, 0.5) is 21.9 Å². The van der Waals surface area contributed by atoms with Crippen LogP contribution in [0.25, 0.3) is 0 Å². The summed E-state index contributed by atoms with van der Waals surface area (Å²) in [5.41, 5.74) is 3.14. The second-order valence-electron chi connectivity index (χ2n) is 7.95. The Morgan fingerprint density at radius 1 is 0.969 bits per heavy atom. The van der Waals surface area contributed by atoms with Gasteiger partial charge in [0, 0.05) is 56.2 Å². The molecule has 168 valence electrons. The van der Waals surface area contributed by atoms with E-state index in [4.69, 9.17) is 11.6 Å². The van der Waals surface area contributed by atoms with E-state index in [2.05, 4.69) is 15.5 Å². The minimum Gasteiger partial charge on any atom is -0.368 e. The highest BCUT2D eigenvalue weighted by molar-refractivity contribution is 6.33. The van der Waals surface area contributed by atoms with E-state index in [1.54, 1.807) is 24.0 Å². The van der Waals surface area contributed by atoms with Crippen molar-refractivity contribution in [3.8, 4) is 0 Å². The second kappa shape index (κ2) is 9.48. The van der Waals surface area contributed by atoms with Crippen molar-refractivity contribution in [1.82, 2.24) is 10.2 Å². The van der Waals surface area contributed by atoms with E-state index < -0.39 is 0 Å². The summed E-state index contributed by atoms with van der Waals surface area (Å²) in [5, 5.41) is 6.20. The Labute approximate surface area is 192 Å². The fourth-order valence-corrected chi connectivity index (χ4v) is 4.26. The van der Waals surface area contributed by atoms with Gasteiger partial charge < -0.3 is 25.3 Å². The van der Waals surface area contributed by atoms with Crippen LogP contribution in [0, 0.1) is 0 Å². The van der Waals surface area contributed by atoms with Crippen molar-refractivity contribution in [3.05, 3.63) is 53.1 Å². The lowest BCUT2D eigenvalue weighted by Crippen LogP contribution is -2.50. The number of benzene rings is 2. The number of Topliss-reactive ketones (excluding diaryl/α,β-unsaturated/α-hetero) is 1. The molecular weight excluding hydrogens is 430 g/mol. The molecule has 2 N–H and O–H groups in total. The number of hydrogen-bond acceptors (Lipinski definition) is 5. The lowest BCUT2D eigenvalue weighted by Gasteiger charge is -2.36. The number of rotatable bonds is 4. The molecule has 0 bridgehead atoms. The molecule has 9 heteroatoms. The van der Waals surface area contributed by atoms with Gasteiger partial charge >= 0.3 is 6.03 Å². The number of carbonyl (C=O) groups excluding carboxylic acids is 3. The van der Waals surface area contributed by atoms with Crippen LogP contribution in [-0.2, 0) is 4.79 Å². The molecule has 3 amide bonds. The van der Waals surface area contributed by atoms with Gasteiger partial charge in [-0.1, -0.05) is 11.6 Å². The largest absolute Gasteiger partial charge is 0.368 e. The first-order valence-corrected chi connectivity index (χ1v) is 11.0. The summed E-state index contributed by atoms with van der Waals surface area (Å²) in [7, 11) is 0. The van der Waals surface area contributed by atoms with Gasteiger partial charge in [-0.05, 0) is 49.4 Å². The predicted molar refractivity (Wildman–Crippen MR) is 126 cm³/mol. The molecule has 2 heterocycles. The molecule has 0 aromatic heterocycles. The molecule has 2 aliphatic rings. The molecule has 0 spiro atoms. The summed E-state index contributed by atoms with van der Waals surface area (Å²) in [6.07, 6.45) is 0. The molecule has 2 aromatic carbocycles. The molecule has 2 saturated heterocycles. The van der Waals surface area contributed by atoms with Crippen molar-refractivity contribution >= 4 is 46.4 Å². The smallest absolute Gasteiger partial charge is 0.321 e. The van der Waals surface area contributed by atoms with E-state index in [9.17, 15) is 14.4 Å². The highest BCUT2D eigenvalue weighted by Gasteiger charge is 2.23. The Hall–Kier alpha value is -3.26. The number of amides is 3. The first-order chi connectivity index (χ1) is 15.4. The van der Waals surface area contributed by atoms with Gasteiger partial charge in [-0.2, -0.15) is 0 Å². The Balaban J connectivity index is 1.32. The molecule has 2 fully saturated rings. The fraction of sp³-hybridized carbons (Fsp3) is 0.348. The number of nitrogens with one attached hydrogen (secondary N) is 2. The Morgan fingerprint density at radius 3 is 2.31 bits per heavy atom. The lowest BCUT2D eigenvalue weighted by atomic mass is 10.1. The Bertz CT molecular complexity index is 1020. The van der Waals surface area contributed by atoms with Crippen molar-refractivity contribution < 1.29 is 14.4 Å². The molecule has 4 rings (SSSR count). The fourth-order valence-electron chi connectivity index (χ4n) is 3.96. The molecule has 0 saturated carbocycles. The molecule has 8 nitrogen and oxygen atoms in total. The summed E-state index contributed by atoms with van der Waals surface area (Å²) in [5.74, 6) is 0.0197. The van der Waals surface area contributed by atoms with Crippen LogP contribution in [0.3, 0.4) is 0 Å². The van der Waals surface area contributed by atoms with Gasteiger partial charge in [0.2, 0.25) is 5.91 Å². The molecule has 0 unspecified atom stereocenters. The summed E-state index contributed by atoms with van der Waals surface area (Å²) in [4.78, 5) is 41.7.